The topological polar surface area (TPSA) is 47.4 Å². The Bertz CT molecular complexity index is 722. The Hall–Kier alpha value is -2.60. The number of hydrogen-bond donors (Lipinski definition) is 0. The van der Waals surface area contributed by atoms with Crippen molar-refractivity contribution in [3.63, 3.8) is 0 Å². The van der Waals surface area contributed by atoms with E-state index in [1.807, 2.05) is 53.9 Å². The molecule has 0 aliphatic heterocycles. The van der Waals surface area contributed by atoms with E-state index >= 15 is 0 Å². The highest BCUT2D eigenvalue weighted by Gasteiger charge is 2.14. The van der Waals surface area contributed by atoms with Crippen LogP contribution in [0.3, 0.4) is 0 Å². The van der Waals surface area contributed by atoms with Crippen LogP contribution in [0.2, 0.25) is 0 Å². The smallest absolute Gasteiger partial charge is 0.299 e. The molecule has 3 aromatic rings. The van der Waals surface area contributed by atoms with E-state index in [0.717, 1.165) is 16.3 Å². The molecule has 0 aliphatic rings. The number of nitrogens with zero attached hydrogens (tertiary/aromatic N) is 3. The molecule has 1 aromatic carbocycles. The lowest BCUT2D eigenvalue weighted by molar-refractivity contribution is 0.124. The van der Waals surface area contributed by atoms with Gasteiger partial charge < -0.3 is 0 Å². The molecule has 21 heavy (non-hydrogen) atoms. The monoisotopic (exact) mass is 299 g/mol. The summed E-state index contributed by atoms with van der Waals surface area (Å²) < 4.78 is 0. The minimum Gasteiger partial charge on any atom is -0.299 e. The van der Waals surface area contributed by atoms with Crippen LogP contribution >= 0.6 is 11.3 Å². The molecule has 2 aromatic heterocycles. The van der Waals surface area contributed by atoms with Crippen molar-refractivity contribution in [2.75, 3.05) is 11.9 Å². The van der Waals surface area contributed by atoms with Crippen molar-refractivity contribution < 1.29 is 9.63 Å². The summed E-state index contributed by atoms with van der Waals surface area (Å²) >= 11 is 1.58. The molecule has 0 aliphatic carbocycles. The number of anilines is 1. The molecule has 0 spiro atoms. The highest BCUT2D eigenvalue weighted by molar-refractivity contribution is 7.13. The summed E-state index contributed by atoms with van der Waals surface area (Å²) in [6, 6.07) is 15.0. The van der Waals surface area contributed by atoms with E-state index < -0.39 is 6.09 Å². The van der Waals surface area contributed by atoms with E-state index in [0.29, 0.717) is 0 Å². The number of carbonyl (C=O) groups excluding carboxylic acids is 1. The average Bonchev–Trinajstić information content (AvgIpc) is 3.18. The first-order chi connectivity index (χ1) is 10.2. The minimum atomic E-state index is -0.498. The fraction of sp³-hybridized carbons (Fsp3) is 0.0667. The molecule has 0 saturated carbocycles. The van der Waals surface area contributed by atoms with Crippen molar-refractivity contribution >= 4 is 23.1 Å². The van der Waals surface area contributed by atoms with Gasteiger partial charge in [-0.1, -0.05) is 29.1 Å². The van der Waals surface area contributed by atoms with Crippen LogP contribution in [-0.4, -0.2) is 23.1 Å². The molecule has 1 amide bonds. The van der Waals surface area contributed by atoms with Crippen LogP contribution in [-0.2, 0) is 0 Å². The summed E-state index contributed by atoms with van der Waals surface area (Å²) in [5.41, 5.74) is 1.54. The van der Waals surface area contributed by atoms with Crippen molar-refractivity contribution in [3.05, 3.63) is 60.1 Å². The van der Waals surface area contributed by atoms with Crippen molar-refractivity contribution in [1.29, 1.82) is 0 Å². The van der Waals surface area contributed by atoms with Gasteiger partial charge in [-0.3, -0.25) is 9.74 Å². The molecule has 0 N–H and O–H groups in total. The fourth-order valence-corrected chi connectivity index (χ4v) is 2.50. The molecule has 0 saturated heterocycles. The first kappa shape index (κ1) is 13.4. The third-order valence-electron chi connectivity index (χ3n) is 2.93. The molecule has 0 fully saturated rings. The number of amides is 1. The quantitative estimate of drug-likeness (QED) is 0.745. The van der Waals surface area contributed by atoms with Gasteiger partial charge in [0.15, 0.2) is 0 Å². The summed E-state index contributed by atoms with van der Waals surface area (Å²) in [4.78, 5) is 20.9. The number of hydrogen-bond acceptors (Lipinski definition) is 4. The molecule has 0 radical (unpaired) electrons. The van der Waals surface area contributed by atoms with Crippen LogP contribution in [0.25, 0.3) is 10.6 Å². The van der Waals surface area contributed by atoms with Crippen LogP contribution in [0.1, 0.15) is 0 Å². The molecular weight excluding hydrogens is 286 g/mol. The number of rotatable bonds is 3. The van der Waals surface area contributed by atoms with Crippen molar-refractivity contribution in [1.82, 2.24) is 9.94 Å². The van der Waals surface area contributed by atoms with E-state index in [4.69, 9.17) is 4.84 Å². The molecule has 5 nitrogen and oxygen atoms in total. The Morgan fingerprint density at radius 1 is 1.19 bits per heavy atom. The number of carbonyl (C=O) groups is 1. The molecule has 6 heteroatoms. The van der Waals surface area contributed by atoms with Gasteiger partial charge in [0.2, 0.25) is 0 Å². The second kappa shape index (κ2) is 5.80. The fourth-order valence-electron chi connectivity index (χ4n) is 1.81. The molecule has 0 unspecified atom stereocenters. The van der Waals surface area contributed by atoms with Gasteiger partial charge in [0.05, 0.1) is 11.1 Å². The summed E-state index contributed by atoms with van der Waals surface area (Å²) in [7, 11) is 1.65. The van der Waals surface area contributed by atoms with Crippen molar-refractivity contribution in [2.45, 2.75) is 0 Å². The lowest BCUT2D eigenvalue weighted by Gasteiger charge is -2.15. The third-order valence-corrected chi connectivity index (χ3v) is 3.82. The summed E-state index contributed by atoms with van der Waals surface area (Å²) in [6.07, 6.45) is 1.12. The normalized spacial score (nSPS) is 10.3. The average molecular weight is 299 g/mol. The lowest BCUT2D eigenvalue weighted by atomic mass is 10.3. The Morgan fingerprint density at radius 3 is 2.71 bits per heavy atom. The lowest BCUT2D eigenvalue weighted by Crippen LogP contribution is -2.34. The Labute approximate surface area is 126 Å². The zero-order valence-corrected chi connectivity index (χ0v) is 12.2. The van der Waals surface area contributed by atoms with E-state index in [1.165, 1.54) is 9.75 Å². The first-order valence-electron chi connectivity index (χ1n) is 6.34. The zero-order valence-electron chi connectivity index (χ0n) is 11.3. The summed E-state index contributed by atoms with van der Waals surface area (Å²) in [6.45, 7) is 0. The third kappa shape index (κ3) is 2.95. The van der Waals surface area contributed by atoms with Gasteiger partial charge in [-0.05, 0) is 29.6 Å². The minimum absolute atomic E-state index is 0.498. The van der Waals surface area contributed by atoms with E-state index in [1.54, 1.807) is 24.6 Å². The van der Waals surface area contributed by atoms with E-state index in [9.17, 15) is 4.79 Å². The van der Waals surface area contributed by atoms with Crippen LogP contribution in [0, 0.1) is 0 Å². The highest BCUT2D eigenvalue weighted by atomic mass is 32.1. The predicted octanol–water partition coefficient (Wildman–Crippen LogP) is 3.30. The molecule has 0 bridgehead atoms. The van der Waals surface area contributed by atoms with Gasteiger partial charge in [-0.25, -0.2) is 4.79 Å². The summed E-state index contributed by atoms with van der Waals surface area (Å²) in [5, 5.41) is 6.20. The van der Waals surface area contributed by atoms with E-state index in [-0.39, 0.29) is 0 Å². The van der Waals surface area contributed by atoms with Gasteiger partial charge in [0, 0.05) is 12.7 Å². The van der Waals surface area contributed by atoms with Crippen molar-refractivity contribution in [3.8, 4) is 10.6 Å². The summed E-state index contributed by atoms with van der Waals surface area (Å²) in [5.74, 6) is 0. The SMILES string of the molecule is CN(C(=O)On1ccc(-c2cccs2)n1)c1ccccc1. The maximum atomic E-state index is 12.1. The molecule has 0 atom stereocenters. The van der Waals surface area contributed by atoms with Crippen molar-refractivity contribution in [2.24, 2.45) is 0 Å². The maximum absolute atomic E-state index is 12.1. The number of para-hydroxylation sites is 1. The Kier molecular flexibility index (Phi) is 3.70. The van der Waals surface area contributed by atoms with Gasteiger partial charge in [0.1, 0.15) is 5.69 Å². The highest BCUT2D eigenvalue weighted by Crippen LogP contribution is 2.22. The molecule has 2 heterocycles. The second-order valence-electron chi connectivity index (χ2n) is 4.33. The number of benzene rings is 1. The zero-order chi connectivity index (χ0) is 14.7. The van der Waals surface area contributed by atoms with Gasteiger partial charge >= 0.3 is 6.09 Å². The van der Waals surface area contributed by atoms with E-state index in [2.05, 4.69) is 5.10 Å². The first-order valence-corrected chi connectivity index (χ1v) is 7.22. The van der Waals surface area contributed by atoms with Crippen LogP contribution in [0.5, 0.6) is 0 Å². The van der Waals surface area contributed by atoms with Gasteiger partial charge in [-0.15, -0.1) is 16.4 Å². The Morgan fingerprint density at radius 2 is 2.00 bits per heavy atom. The maximum Gasteiger partial charge on any atom is 0.440 e. The van der Waals surface area contributed by atoms with Gasteiger partial charge in [-0.2, -0.15) is 0 Å². The van der Waals surface area contributed by atoms with Crippen LogP contribution in [0.15, 0.2) is 60.1 Å². The van der Waals surface area contributed by atoms with Gasteiger partial charge in [0.25, 0.3) is 0 Å². The second-order valence-corrected chi connectivity index (χ2v) is 5.28. The molecule has 106 valence electrons. The Balaban J connectivity index is 1.71. The van der Waals surface area contributed by atoms with Crippen LogP contribution in [0.4, 0.5) is 10.5 Å². The largest absolute Gasteiger partial charge is 0.440 e. The number of thiophene rings is 1. The predicted molar refractivity (Wildman–Crippen MR) is 82.4 cm³/mol. The standard InChI is InChI=1S/C15H13N3O2S/c1-17(12-6-3-2-4-7-12)15(19)20-18-10-9-13(16-18)14-8-5-11-21-14/h2-11H,1H3. The number of aromatic nitrogens is 2. The molecular formula is C15H13N3O2S. The van der Waals surface area contributed by atoms with Crippen LogP contribution < -0.4 is 9.74 Å². The molecule has 3 rings (SSSR count).